The highest BCUT2D eigenvalue weighted by Gasteiger charge is 2.41. The van der Waals surface area contributed by atoms with Crippen molar-refractivity contribution in [3.8, 4) is 0 Å². The van der Waals surface area contributed by atoms with Crippen LogP contribution in [0.25, 0.3) is 0 Å². The lowest BCUT2D eigenvalue weighted by Gasteiger charge is -2.38. The van der Waals surface area contributed by atoms with Crippen LogP contribution in [0.5, 0.6) is 0 Å². The van der Waals surface area contributed by atoms with Crippen molar-refractivity contribution in [2.45, 2.75) is 45.4 Å². The van der Waals surface area contributed by atoms with Crippen molar-refractivity contribution in [2.24, 2.45) is 11.1 Å². The molecule has 20 heavy (non-hydrogen) atoms. The van der Waals surface area contributed by atoms with Crippen LogP contribution in [-0.4, -0.2) is 55.4 Å². The number of amides is 1. The van der Waals surface area contributed by atoms with Gasteiger partial charge in [-0.3, -0.25) is 4.79 Å². The first-order chi connectivity index (χ1) is 9.70. The lowest BCUT2D eigenvalue weighted by Crippen LogP contribution is -2.51. The molecule has 1 heterocycles. The third kappa shape index (κ3) is 4.72. The Morgan fingerprint density at radius 2 is 1.95 bits per heavy atom. The summed E-state index contributed by atoms with van der Waals surface area (Å²) < 4.78 is 5.35. The molecular weight excluding hydrogens is 256 g/mol. The molecule has 0 unspecified atom stereocenters. The Kier molecular flexibility index (Phi) is 8.11. The SMILES string of the molecule is CCCCCCN(CCO)C(=O)C1(CN)CCOCC1. The number of hydrogen-bond acceptors (Lipinski definition) is 4. The van der Waals surface area contributed by atoms with E-state index in [0.29, 0.717) is 39.1 Å². The van der Waals surface area contributed by atoms with Gasteiger partial charge < -0.3 is 20.5 Å². The van der Waals surface area contributed by atoms with E-state index in [9.17, 15) is 9.90 Å². The van der Waals surface area contributed by atoms with E-state index in [1.165, 1.54) is 12.8 Å². The highest BCUT2D eigenvalue weighted by molar-refractivity contribution is 5.83. The fourth-order valence-corrected chi connectivity index (χ4v) is 2.77. The van der Waals surface area contributed by atoms with Crippen molar-refractivity contribution in [2.75, 3.05) is 39.5 Å². The second-order valence-electron chi connectivity index (χ2n) is 5.67. The average molecular weight is 286 g/mol. The summed E-state index contributed by atoms with van der Waals surface area (Å²) in [7, 11) is 0. The molecule has 0 aromatic rings. The van der Waals surface area contributed by atoms with Crippen LogP contribution >= 0.6 is 0 Å². The van der Waals surface area contributed by atoms with E-state index in [4.69, 9.17) is 10.5 Å². The number of aliphatic hydroxyl groups excluding tert-OH is 1. The zero-order valence-electron chi connectivity index (χ0n) is 12.8. The van der Waals surface area contributed by atoms with Gasteiger partial charge >= 0.3 is 0 Å². The molecule has 5 nitrogen and oxygen atoms in total. The Balaban J connectivity index is 2.60. The van der Waals surface area contributed by atoms with Gasteiger partial charge in [0, 0.05) is 32.8 Å². The average Bonchev–Trinajstić information content (AvgIpc) is 2.50. The van der Waals surface area contributed by atoms with Crippen LogP contribution in [0.2, 0.25) is 0 Å². The van der Waals surface area contributed by atoms with E-state index in [0.717, 1.165) is 19.4 Å². The predicted molar refractivity (Wildman–Crippen MR) is 79.3 cm³/mol. The Bertz CT molecular complexity index is 278. The highest BCUT2D eigenvalue weighted by atomic mass is 16.5. The number of ether oxygens (including phenoxy) is 1. The summed E-state index contributed by atoms with van der Waals surface area (Å²) >= 11 is 0. The monoisotopic (exact) mass is 286 g/mol. The number of rotatable bonds is 9. The highest BCUT2D eigenvalue weighted by Crippen LogP contribution is 2.31. The number of hydrogen-bond donors (Lipinski definition) is 2. The summed E-state index contributed by atoms with van der Waals surface area (Å²) in [6.45, 7) is 4.89. The van der Waals surface area contributed by atoms with E-state index < -0.39 is 5.41 Å². The van der Waals surface area contributed by atoms with Crippen molar-refractivity contribution in [1.29, 1.82) is 0 Å². The summed E-state index contributed by atoms with van der Waals surface area (Å²) in [6, 6.07) is 0. The lowest BCUT2D eigenvalue weighted by atomic mass is 9.78. The van der Waals surface area contributed by atoms with Crippen molar-refractivity contribution in [3.63, 3.8) is 0 Å². The molecule has 3 N–H and O–H groups in total. The summed E-state index contributed by atoms with van der Waals surface area (Å²) in [6.07, 6.45) is 5.88. The number of carbonyl (C=O) groups is 1. The molecule has 118 valence electrons. The summed E-state index contributed by atoms with van der Waals surface area (Å²) in [5, 5.41) is 9.19. The fraction of sp³-hybridized carbons (Fsp3) is 0.933. The van der Waals surface area contributed by atoms with Gasteiger partial charge in [0.1, 0.15) is 0 Å². The Hall–Kier alpha value is -0.650. The first-order valence-corrected chi connectivity index (χ1v) is 7.88. The fourth-order valence-electron chi connectivity index (χ4n) is 2.77. The summed E-state index contributed by atoms with van der Waals surface area (Å²) in [5.74, 6) is 0.105. The number of unbranched alkanes of at least 4 members (excludes halogenated alkanes) is 3. The van der Waals surface area contributed by atoms with E-state index in [1.54, 1.807) is 4.90 Å². The van der Waals surface area contributed by atoms with E-state index >= 15 is 0 Å². The summed E-state index contributed by atoms with van der Waals surface area (Å²) in [4.78, 5) is 14.6. The molecule has 0 bridgehead atoms. The Labute approximate surface area is 122 Å². The smallest absolute Gasteiger partial charge is 0.230 e. The second-order valence-corrected chi connectivity index (χ2v) is 5.67. The third-order valence-electron chi connectivity index (χ3n) is 4.23. The second kappa shape index (κ2) is 9.32. The van der Waals surface area contributed by atoms with Gasteiger partial charge in [0.15, 0.2) is 0 Å². The minimum absolute atomic E-state index is 0.0106. The molecule has 0 aromatic heterocycles. The molecule has 0 aliphatic carbocycles. The number of nitrogens with zero attached hydrogens (tertiary/aromatic N) is 1. The zero-order valence-corrected chi connectivity index (χ0v) is 12.8. The minimum Gasteiger partial charge on any atom is -0.395 e. The molecule has 1 saturated heterocycles. The van der Waals surface area contributed by atoms with Crippen LogP contribution < -0.4 is 5.73 Å². The van der Waals surface area contributed by atoms with E-state index in [2.05, 4.69) is 6.92 Å². The molecule has 1 fully saturated rings. The number of carbonyl (C=O) groups excluding carboxylic acids is 1. The van der Waals surface area contributed by atoms with Crippen molar-refractivity contribution in [3.05, 3.63) is 0 Å². The third-order valence-corrected chi connectivity index (χ3v) is 4.23. The first kappa shape index (κ1) is 17.4. The molecular formula is C15H30N2O3. The first-order valence-electron chi connectivity index (χ1n) is 7.88. The maximum absolute atomic E-state index is 12.8. The molecule has 0 radical (unpaired) electrons. The van der Waals surface area contributed by atoms with E-state index in [1.807, 2.05) is 0 Å². The molecule has 1 aliphatic rings. The largest absolute Gasteiger partial charge is 0.395 e. The Morgan fingerprint density at radius 1 is 1.25 bits per heavy atom. The Morgan fingerprint density at radius 3 is 2.50 bits per heavy atom. The molecule has 0 atom stereocenters. The molecule has 1 rings (SSSR count). The summed E-state index contributed by atoms with van der Waals surface area (Å²) in [5.41, 5.74) is 5.41. The van der Waals surface area contributed by atoms with Gasteiger partial charge in [-0.25, -0.2) is 0 Å². The van der Waals surface area contributed by atoms with Crippen molar-refractivity contribution in [1.82, 2.24) is 4.90 Å². The molecule has 0 spiro atoms. The van der Waals surface area contributed by atoms with Gasteiger partial charge in [-0.15, -0.1) is 0 Å². The number of nitrogens with two attached hydrogens (primary N) is 1. The van der Waals surface area contributed by atoms with Gasteiger partial charge in [0.05, 0.1) is 12.0 Å². The maximum atomic E-state index is 12.8. The van der Waals surface area contributed by atoms with Gasteiger partial charge in [-0.05, 0) is 19.3 Å². The maximum Gasteiger partial charge on any atom is 0.230 e. The van der Waals surface area contributed by atoms with Gasteiger partial charge in [0.2, 0.25) is 5.91 Å². The van der Waals surface area contributed by atoms with Gasteiger partial charge in [-0.1, -0.05) is 26.2 Å². The molecule has 1 amide bonds. The van der Waals surface area contributed by atoms with Crippen LogP contribution in [0, 0.1) is 5.41 Å². The van der Waals surface area contributed by atoms with Crippen molar-refractivity contribution >= 4 is 5.91 Å². The van der Waals surface area contributed by atoms with E-state index in [-0.39, 0.29) is 12.5 Å². The quantitative estimate of drug-likeness (QED) is 0.623. The van der Waals surface area contributed by atoms with Crippen molar-refractivity contribution < 1.29 is 14.6 Å². The molecule has 0 aromatic carbocycles. The topological polar surface area (TPSA) is 75.8 Å². The number of aliphatic hydroxyl groups is 1. The molecule has 0 saturated carbocycles. The predicted octanol–water partition coefficient (Wildman–Crippen LogP) is 1.14. The minimum atomic E-state index is -0.474. The van der Waals surface area contributed by atoms with Crippen LogP contribution in [0.1, 0.15) is 45.4 Å². The van der Waals surface area contributed by atoms with Crippen LogP contribution in [0.15, 0.2) is 0 Å². The van der Waals surface area contributed by atoms with Crippen LogP contribution in [0.3, 0.4) is 0 Å². The molecule has 1 aliphatic heterocycles. The normalized spacial score (nSPS) is 17.9. The van der Waals surface area contributed by atoms with Gasteiger partial charge in [-0.2, -0.15) is 0 Å². The zero-order chi connectivity index (χ0) is 14.8. The standard InChI is InChI=1S/C15H30N2O3/c1-2-3-4-5-8-17(9-10-18)14(19)15(13-16)6-11-20-12-7-15/h18H,2-13,16H2,1H3. The van der Waals surface area contributed by atoms with Crippen LogP contribution in [0.4, 0.5) is 0 Å². The van der Waals surface area contributed by atoms with Gasteiger partial charge in [0.25, 0.3) is 0 Å². The lowest BCUT2D eigenvalue weighted by molar-refractivity contribution is -0.147. The van der Waals surface area contributed by atoms with Crippen LogP contribution in [-0.2, 0) is 9.53 Å². The molecule has 5 heteroatoms.